The summed E-state index contributed by atoms with van der Waals surface area (Å²) in [4.78, 5) is 13.9. The lowest BCUT2D eigenvalue weighted by Gasteiger charge is -2.31. The van der Waals surface area contributed by atoms with E-state index in [2.05, 4.69) is 6.92 Å². The van der Waals surface area contributed by atoms with Gasteiger partial charge in [-0.25, -0.2) is 0 Å². The van der Waals surface area contributed by atoms with E-state index in [0.717, 1.165) is 31.5 Å². The number of halogens is 2. The molecule has 0 spiro atoms. The molecule has 1 fully saturated rings. The minimum Gasteiger partial charge on any atom is -0.343 e. The van der Waals surface area contributed by atoms with Gasteiger partial charge in [0.15, 0.2) is 0 Å². The van der Waals surface area contributed by atoms with Crippen LogP contribution in [0.4, 0.5) is 0 Å². The minimum absolute atomic E-state index is 0.240. The molecule has 0 saturated carbocycles. The first-order valence-electron chi connectivity index (χ1n) is 6.34. The van der Waals surface area contributed by atoms with Gasteiger partial charge in [0.05, 0.1) is 0 Å². The maximum absolute atomic E-state index is 12.0. The van der Waals surface area contributed by atoms with E-state index in [1.165, 1.54) is 0 Å². The average molecular weight is 286 g/mol. The van der Waals surface area contributed by atoms with Gasteiger partial charge in [-0.1, -0.05) is 30.1 Å². The molecule has 1 atom stereocenters. The van der Waals surface area contributed by atoms with Crippen molar-refractivity contribution in [1.82, 2.24) is 4.90 Å². The number of rotatable bonds is 3. The molecule has 0 aromatic heterocycles. The van der Waals surface area contributed by atoms with Crippen molar-refractivity contribution in [3.8, 4) is 0 Å². The fourth-order valence-corrected chi connectivity index (χ4v) is 3.02. The molecule has 18 heavy (non-hydrogen) atoms. The Balaban J connectivity index is 2.10. The molecule has 0 N–H and O–H groups in total. The molecule has 1 heterocycles. The van der Waals surface area contributed by atoms with Crippen LogP contribution < -0.4 is 0 Å². The standard InChI is InChI=1S/C14H17Cl2NO/c1-2-4-17-5-3-10(8-14(17)18)11-6-12(15)9-13(16)7-11/h6-7,9-10H,2-5,8H2,1H3. The van der Waals surface area contributed by atoms with Crippen LogP contribution in [0.5, 0.6) is 0 Å². The van der Waals surface area contributed by atoms with E-state index in [4.69, 9.17) is 23.2 Å². The third-order valence-electron chi connectivity index (χ3n) is 3.37. The number of carbonyl (C=O) groups excluding carboxylic acids is 1. The molecule has 98 valence electrons. The van der Waals surface area contributed by atoms with Crippen LogP contribution in [-0.4, -0.2) is 23.9 Å². The number of hydrogen-bond acceptors (Lipinski definition) is 1. The van der Waals surface area contributed by atoms with Crippen molar-refractivity contribution < 1.29 is 4.79 Å². The molecule has 1 aromatic carbocycles. The van der Waals surface area contributed by atoms with Gasteiger partial charge < -0.3 is 4.90 Å². The van der Waals surface area contributed by atoms with E-state index in [1.807, 2.05) is 17.0 Å². The Bertz CT molecular complexity index is 427. The SMILES string of the molecule is CCCN1CCC(c2cc(Cl)cc(Cl)c2)CC1=O. The largest absolute Gasteiger partial charge is 0.343 e. The predicted octanol–water partition coefficient (Wildman–Crippen LogP) is 4.11. The van der Waals surface area contributed by atoms with Crippen molar-refractivity contribution in [1.29, 1.82) is 0 Å². The Labute approximate surface area is 118 Å². The molecule has 1 aromatic rings. The molecule has 0 bridgehead atoms. The molecule has 0 aliphatic carbocycles. The van der Waals surface area contributed by atoms with E-state index in [-0.39, 0.29) is 11.8 Å². The molecule has 2 nitrogen and oxygen atoms in total. The number of nitrogens with zero attached hydrogens (tertiary/aromatic N) is 1. The zero-order chi connectivity index (χ0) is 13.1. The Hall–Kier alpha value is -0.730. The average Bonchev–Trinajstić information content (AvgIpc) is 2.30. The maximum atomic E-state index is 12.0. The van der Waals surface area contributed by atoms with Crippen LogP contribution in [0, 0.1) is 0 Å². The number of amides is 1. The van der Waals surface area contributed by atoms with Gasteiger partial charge in [0.2, 0.25) is 5.91 Å². The summed E-state index contributed by atoms with van der Waals surface area (Å²) < 4.78 is 0. The lowest BCUT2D eigenvalue weighted by Crippen LogP contribution is -2.38. The van der Waals surface area contributed by atoms with Crippen LogP contribution in [0.3, 0.4) is 0 Å². The monoisotopic (exact) mass is 285 g/mol. The Morgan fingerprint density at radius 3 is 2.50 bits per heavy atom. The van der Waals surface area contributed by atoms with Gasteiger partial charge in [-0.3, -0.25) is 4.79 Å². The number of hydrogen-bond donors (Lipinski definition) is 0. The zero-order valence-electron chi connectivity index (χ0n) is 10.5. The molecular formula is C14H17Cl2NO. The van der Waals surface area contributed by atoms with Crippen molar-refractivity contribution in [3.05, 3.63) is 33.8 Å². The van der Waals surface area contributed by atoms with Gasteiger partial charge in [0.25, 0.3) is 0 Å². The van der Waals surface area contributed by atoms with Gasteiger partial charge in [-0.2, -0.15) is 0 Å². The minimum atomic E-state index is 0.240. The summed E-state index contributed by atoms with van der Waals surface area (Å²) in [5.74, 6) is 0.492. The van der Waals surface area contributed by atoms with E-state index in [1.54, 1.807) is 6.07 Å². The van der Waals surface area contributed by atoms with Gasteiger partial charge in [-0.05, 0) is 42.5 Å². The number of carbonyl (C=O) groups is 1. The van der Waals surface area contributed by atoms with Crippen molar-refractivity contribution in [2.24, 2.45) is 0 Å². The summed E-state index contributed by atoms with van der Waals surface area (Å²) in [5, 5.41) is 1.28. The molecule has 1 aliphatic heterocycles. The van der Waals surface area contributed by atoms with E-state index in [9.17, 15) is 4.79 Å². The summed E-state index contributed by atoms with van der Waals surface area (Å²) in [7, 11) is 0. The van der Waals surface area contributed by atoms with Crippen LogP contribution in [-0.2, 0) is 4.79 Å². The van der Waals surface area contributed by atoms with Crippen molar-refractivity contribution in [2.45, 2.75) is 32.1 Å². The second kappa shape index (κ2) is 5.94. The molecule has 1 saturated heterocycles. The summed E-state index contributed by atoms with van der Waals surface area (Å²) in [6, 6.07) is 5.56. The lowest BCUT2D eigenvalue weighted by atomic mass is 9.89. The van der Waals surface area contributed by atoms with Gasteiger partial charge in [-0.15, -0.1) is 0 Å². The lowest BCUT2D eigenvalue weighted by molar-refractivity contribution is -0.133. The van der Waals surface area contributed by atoms with E-state index >= 15 is 0 Å². The number of likely N-dealkylation sites (tertiary alicyclic amines) is 1. The fourth-order valence-electron chi connectivity index (χ4n) is 2.48. The topological polar surface area (TPSA) is 20.3 Å². The zero-order valence-corrected chi connectivity index (χ0v) is 12.0. The van der Waals surface area contributed by atoms with Gasteiger partial charge in [0.1, 0.15) is 0 Å². The van der Waals surface area contributed by atoms with Gasteiger partial charge in [0, 0.05) is 29.6 Å². The Morgan fingerprint density at radius 2 is 1.94 bits per heavy atom. The van der Waals surface area contributed by atoms with Crippen LogP contribution in [0.2, 0.25) is 10.0 Å². The van der Waals surface area contributed by atoms with Crippen molar-refractivity contribution >= 4 is 29.1 Å². The summed E-state index contributed by atoms with van der Waals surface area (Å²) in [5.41, 5.74) is 1.08. The molecule has 1 unspecified atom stereocenters. The third kappa shape index (κ3) is 3.18. The normalized spacial score (nSPS) is 20.3. The Morgan fingerprint density at radius 1 is 1.28 bits per heavy atom. The van der Waals surface area contributed by atoms with Gasteiger partial charge >= 0.3 is 0 Å². The molecular weight excluding hydrogens is 269 g/mol. The predicted molar refractivity (Wildman–Crippen MR) is 75.3 cm³/mol. The second-order valence-corrected chi connectivity index (χ2v) is 5.65. The molecule has 2 rings (SSSR count). The third-order valence-corrected chi connectivity index (χ3v) is 3.81. The molecule has 0 radical (unpaired) electrons. The summed E-state index contributed by atoms with van der Waals surface area (Å²) in [6.45, 7) is 3.79. The van der Waals surface area contributed by atoms with Crippen LogP contribution in [0.1, 0.15) is 37.7 Å². The first-order chi connectivity index (χ1) is 8.60. The highest BCUT2D eigenvalue weighted by molar-refractivity contribution is 6.34. The second-order valence-electron chi connectivity index (χ2n) is 4.77. The quantitative estimate of drug-likeness (QED) is 0.818. The molecule has 4 heteroatoms. The van der Waals surface area contributed by atoms with Crippen LogP contribution in [0.25, 0.3) is 0 Å². The molecule has 1 aliphatic rings. The highest BCUT2D eigenvalue weighted by Gasteiger charge is 2.26. The van der Waals surface area contributed by atoms with E-state index in [0.29, 0.717) is 16.5 Å². The maximum Gasteiger partial charge on any atom is 0.223 e. The first kappa shape index (κ1) is 13.7. The smallest absolute Gasteiger partial charge is 0.223 e. The molecule has 1 amide bonds. The summed E-state index contributed by atoms with van der Waals surface area (Å²) in [6.07, 6.45) is 2.57. The fraction of sp³-hybridized carbons (Fsp3) is 0.500. The van der Waals surface area contributed by atoms with Crippen LogP contribution >= 0.6 is 23.2 Å². The van der Waals surface area contributed by atoms with E-state index < -0.39 is 0 Å². The highest BCUT2D eigenvalue weighted by Crippen LogP contribution is 2.32. The first-order valence-corrected chi connectivity index (χ1v) is 7.09. The van der Waals surface area contributed by atoms with Crippen molar-refractivity contribution in [3.63, 3.8) is 0 Å². The van der Waals surface area contributed by atoms with Crippen LogP contribution in [0.15, 0.2) is 18.2 Å². The van der Waals surface area contributed by atoms with Crippen molar-refractivity contribution in [2.75, 3.05) is 13.1 Å². The number of benzene rings is 1. The highest BCUT2D eigenvalue weighted by atomic mass is 35.5. The Kier molecular flexibility index (Phi) is 4.52. The summed E-state index contributed by atoms with van der Waals surface area (Å²) >= 11 is 12.0. The number of piperidine rings is 1.